The number of nitrogens with one attached hydrogen (secondary N) is 1. The first kappa shape index (κ1) is 25.7. The molecule has 5 rings (SSSR count). The summed E-state index contributed by atoms with van der Waals surface area (Å²) in [6, 6.07) is 7.06. The number of amides is 1. The number of pyridine rings is 1. The number of carbonyl (C=O) groups excluding carboxylic acids is 1. The summed E-state index contributed by atoms with van der Waals surface area (Å²) in [6.07, 6.45) is -0.473. The van der Waals surface area contributed by atoms with Crippen molar-refractivity contribution in [3.8, 4) is 11.3 Å². The van der Waals surface area contributed by atoms with Crippen molar-refractivity contribution in [1.29, 1.82) is 0 Å². The number of furan rings is 1. The van der Waals surface area contributed by atoms with Gasteiger partial charge in [-0.25, -0.2) is 22.8 Å². The Morgan fingerprint density at radius 2 is 1.87 bits per heavy atom. The van der Waals surface area contributed by atoms with Gasteiger partial charge in [0, 0.05) is 48.7 Å². The number of hydrogen-bond acceptors (Lipinski definition) is 7. The van der Waals surface area contributed by atoms with Gasteiger partial charge < -0.3 is 9.73 Å². The van der Waals surface area contributed by atoms with Crippen molar-refractivity contribution in [2.24, 2.45) is 0 Å². The lowest BCUT2D eigenvalue weighted by Crippen LogP contribution is -2.45. The Kier molecular flexibility index (Phi) is 6.61. The summed E-state index contributed by atoms with van der Waals surface area (Å²) in [5, 5.41) is 2.61. The molecular formula is C24H19F4N5O4S. The van der Waals surface area contributed by atoms with Gasteiger partial charge in [0.2, 0.25) is 16.8 Å². The molecule has 4 heterocycles. The third-order valence-electron chi connectivity index (χ3n) is 6.02. The molecule has 1 aromatic carbocycles. The van der Waals surface area contributed by atoms with Gasteiger partial charge in [-0.1, -0.05) is 0 Å². The van der Waals surface area contributed by atoms with E-state index in [4.69, 9.17) is 4.42 Å². The molecule has 0 saturated carbocycles. The van der Waals surface area contributed by atoms with Crippen molar-refractivity contribution in [2.75, 3.05) is 6.54 Å². The van der Waals surface area contributed by atoms with E-state index in [-0.39, 0.29) is 34.7 Å². The molecule has 0 unspecified atom stereocenters. The van der Waals surface area contributed by atoms with Crippen LogP contribution in [0.4, 0.5) is 17.6 Å². The number of aromatic nitrogens is 3. The fourth-order valence-corrected chi connectivity index (χ4v) is 5.79. The summed E-state index contributed by atoms with van der Waals surface area (Å²) in [5.41, 5.74) is 1.34. The highest BCUT2D eigenvalue weighted by Crippen LogP contribution is 2.31. The highest BCUT2D eigenvalue weighted by Gasteiger charge is 2.41. The van der Waals surface area contributed by atoms with Gasteiger partial charge in [-0.3, -0.25) is 9.78 Å². The van der Waals surface area contributed by atoms with Gasteiger partial charge in [0.1, 0.15) is 17.4 Å². The summed E-state index contributed by atoms with van der Waals surface area (Å²) in [6.45, 7) is 0.128. The van der Waals surface area contributed by atoms with Crippen molar-refractivity contribution in [1.82, 2.24) is 24.6 Å². The van der Waals surface area contributed by atoms with Crippen molar-refractivity contribution in [3.63, 3.8) is 0 Å². The molecule has 1 atom stereocenters. The summed E-state index contributed by atoms with van der Waals surface area (Å²) in [4.78, 5) is 23.7. The molecule has 0 radical (unpaired) electrons. The zero-order chi connectivity index (χ0) is 27.1. The SMILES string of the molecule is O=C(NCc1ccnc(-c2cnc(C(F)(F)F)nc2)c1)[C@@H]1CCCN1S(=O)(=O)c1cc2cc(F)ccc2o1. The molecule has 1 amide bonds. The number of halogens is 4. The average molecular weight is 550 g/mol. The molecule has 38 heavy (non-hydrogen) atoms. The zero-order valence-corrected chi connectivity index (χ0v) is 20.3. The molecular weight excluding hydrogens is 530 g/mol. The predicted molar refractivity (Wildman–Crippen MR) is 125 cm³/mol. The van der Waals surface area contributed by atoms with Crippen LogP contribution < -0.4 is 5.32 Å². The zero-order valence-electron chi connectivity index (χ0n) is 19.4. The van der Waals surface area contributed by atoms with E-state index < -0.39 is 39.8 Å². The molecule has 14 heteroatoms. The first-order chi connectivity index (χ1) is 18.0. The minimum atomic E-state index is -4.66. The fraction of sp³-hybridized carbons (Fsp3) is 0.250. The Morgan fingerprint density at radius 3 is 2.61 bits per heavy atom. The standard InChI is InChI=1S/C24H19F4N5O4S/c25-17-3-4-20-15(9-17)10-21(37-20)38(35,36)33-7-1-2-19(33)22(34)30-11-14-5-6-29-18(8-14)16-12-31-23(32-13-16)24(26,27)28/h3-6,8-10,12-13,19H,1-2,7,11H2,(H,30,34)/t19-/m0/s1. The van der Waals surface area contributed by atoms with E-state index in [9.17, 15) is 30.8 Å². The van der Waals surface area contributed by atoms with Gasteiger partial charge in [-0.05, 0) is 48.7 Å². The van der Waals surface area contributed by atoms with E-state index in [0.29, 0.717) is 24.1 Å². The predicted octanol–water partition coefficient (Wildman–Crippen LogP) is 3.91. The number of carbonyl (C=O) groups is 1. The topological polar surface area (TPSA) is 118 Å². The van der Waals surface area contributed by atoms with Crippen LogP contribution in [0.15, 0.2) is 64.5 Å². The largest absolute Gasteiger partial charge is 0.451 e. The summed E-state index contributed by atoms with van der Waals surface area (Å²) in [5.74, 6) is -2.33. The lowest BCUT2D eigenvalue weighted by Gasteiger charge is -2.22. The molecule has 3 aromatic heterocycles. The molecule has 4 aromatic rings. The quantitative estimate of drug-likeness (QED) is 0.362. The van der Waals surface area contributed by atoms with E-state index in [2.05, 4.69) is 20.3 Å². The first-order valence-corrected chi connectivity index (χ1v) is 12.8. The van der Waals surface area contributed by atoms with E-state index in [0.717, 1.165) is 28.8 Å². The summed E-state index contributed by atoms with van der Waals surface area (Å²) in [7, 11) is -4.17. The Bertz CT molecular complexity index is 1610. The molecule has 1 N–H and O–H groups in total. The second kappa shape index (κ2) is 9.76. The number of hydrogen-bond donors (Lipinski definition) is 1. The first-order valence-electron chi connectivity index (χ1n) is 11.4. The molecule has 1 aliphatic heterocycles. The van der Waals surface area contributed by atoms with Crippen LogP contribution in [0.2, 0.25) is 0 Å². The van der Waals surface area contributed by atoms with Gasteiger partial charge in [0.15, 0.2) is 0 Å². The normalized spacial score (nSPS) is 16.7. The van der Waals surface area contributed by atoms with E-state index in [1.54, 1.807) is 12.1 Å². The van der Waals surface area contributed by atoms with Crippen molar-refractivity contribution in [2.45, 2.75) is 36.7 Å². The van der Waals surface area contributed by atoms with Crippen LogP contribution in [0.25, 0.3) is 22.2 Å². The molecule has 0 aliphatic carbocycles. The van der Waals surface area contributed by atoms with Crippen molar-refractivity contribution < 1.29 is 35.2 Å². The Hall–Kier alpha value is -3.91. The van der Waals surface area contributed by atoms with Crippen LogP contribution in [-0.4, -0.2) is 46.2 Å². The lowest BCUT2D eigenvalue weighted by atomic mass is 10.1. The minimum absolute atomic E-state index is 0.0180. The number of sulfonamides is 1. The fourth-order valence-electron chi connectivity index (χ4n) is 4.18. The highest BCUT2D eigenvalue weighted by atomic mass is 32.2. The Balaban J connectivity index is 1.28. The van der Waals surface area contributed by atoms with E-state index in [1.165, 1.54) is 18.3 Å². The number of nitrogens with zero attached hydrogens (tertiary/aromatic N) is 4. The third-order valence-corrected chi connectivity index (χ3v) is 7.78. The van der Waals surface area contributed by atoms with Crippen LogP contribution in [-0.2, 0) is 27.5 Å². The second-order valence-electron chi connectivity index (χ2n) is 8.58. The van der Waals surface area contributed by atoms with Gasteiger partial charge in [-0.2, -0.15) is 17.5 Å². The van der Waals surface area contributed by atoms with Gasteiger partial charge >= 0.3 is 6.18 Å². The maximum atomic E-state index is 13.5. The molecule has 0 bridgehead atoms. The van der Waals surface area contributed by atoms with Crippen LogP contribution in [0.3, 0.4) is 0 Å². The van der Waals surface area contributed by atoms with Crippen molar-refractivity contribution >= 4 is 26.9 Å². The minimum Gasteiger partial charge on any atom is -0.443 e. The maximum Gasteiger partial charge on any atom is 0.451 e. The molecule has 9 nitrogen and oxygen atoms in total. The molecule has 0 spiro atoms. The van der Waals surface area contributed by atoms with Crippen molar-refractivity contribution in [3.05, 3.63) is 72.2 Å². The van der Waals surface area contributed by atoms with E-state index in [1.807, 2.05) is 0 Å². The molecule has 198 valence electrons. The number of fused-ring (bicyclic) bond motifs is 1. The second-order valence-corrected chi connectivity index (χ2v) is 10.4. The van der Waals surface area contributed by atoms with E-state index >= 15 is 0 Å². The van der Waals surface area contributed by atoms with Gasteiger partial charge in [0.05, 0.1) is 5.69 Å². The Labute approximate surface area is 213 Å². The molecule has 1 saturated heterocycles. The monoisotopic (exact) mass is 549 g/mol. The lowest BCUT2D eigenvalue weighted by molar-refractivity contribution is -0.145. The van der Waals surface area contributed by atoms with Crippen LogP contribution in [0.1, 0.15) is 24.2 Å². The van der Waals surface area contributed by atoms with Crippen LogP contribution >= 0.6 is 0 Å². The van der Waals surface area contributed by atoms with Gasteiger partial charge in [0.25, 0.3) is 10.0 Å². The number of alkyl halides is 3. The highest BCUT2D eigenvalue weighted by molar-refractivity contribution is 7.89. The number of benzene rings is 1. The maximum absolute atomic E-state index is 13.5. The molecule has 1 fully saturated rings. The summed E-state index contributed by atoms with van der Waals surface area (Å²) >= 11 is 0. The third kappa shape index (κ3) is 5.09. The van der Waals surface area contributed by atoms with Crippen LogP contribution in [0.5, 0.6) is 0 Å². The molecule has 1 aliphatic rings. The smallest absolute Gasteiger partial charge is 0.443 e. The Morgan fingerprint density at radius 1 is 1.11 bits per heavy atom. The van der Waals surface area contributed by atoms with Crippen LogP contribution in [0, 0.1) is 5.82 Å². The average Bonchev–Trinajstić information content (AvgIpc) is 3.55. The number of rotatable bonds is 6. The van der Waals surface area contributed by atoms with Gasteiger partial charge in [-0.15, -0.1) is 0 Å². The summed E-state index contributed by atoms with van der Waals surface area (Å²) < 4.78 is 84.6.